The topological polar surface area (TPSA) is 43.4 Å². The summed E-state index contributed by atoms with van der Waals surface area (Å²) < 4.78 is 5.16. The summed E-state index contributed by atoms with van der Waals surface area (Å²) in [7, 11) is 0. The van der Waals surface area contributed by atoms with Crippen molar-refractivity contribution in [2.45, 2.75) is 6.92 Å². The number of rotatable bonds is 1. The quantitative estimate of drug-likeness (QED) is 0.585. The van der Waals surface area contributed by atoms with Gasteiger partial charge in [0, 0.05) is 5.56 Å². The monoisotopic (exact) mass is 264 g/mol. The van der Waals surface area contributed by atoms with Gasteiger partial charge >= 0.3 is 5.97 Å². The molecule has 0 aromatic heterocycles. The first kappa shape index (κ1) is 12.4. The van der Waals surface area contributed by atoms with Gasteiger partial charge in [-0.15, -0.1) is 0 Å². The van der Waals surface area contributed by atoms with Crippen molar-refractivity contribution in [1.82, 2.24) is 0 Å². The minimum Gasteiger partial charge on any atom is -0.419 e. The van der Waals surface area contributed by atoms with Crippen LogP contribution in [0.15, 0.2) is 54.3 Å². The van der Waals surface area contributed by atoms with E-state index in [4.69, 9.17) is 4.74 Å². The number of allylic oxidation sites excluding steroid dienone is 1. The summed E-state index contributed by atoms with van der Waals surface area (Å²) in [6, 6.07) is 14.5. The molecular formula is C17H12O3. The highest BCUT2D eigenvalue weighted by atomic mass is 16.5. The molecule has 0 amide bonds. The van der Waals surface area contributed by atoms with Crippen LogP contribution in [0.4, 0.5) is 0 Å². The molecule has 1 heterocycles. The Balaban J connectivity index is 2.06. The molecule has 0 unspecified atom stereocenters. The minimum absolute atomic E-state index is 0.0672. The zero-order valence-electron chi connectivity index (χ0n) is 10.9. The molecular weight excluding hydrogens is 252 g/mol. The normalized spacial score (nSPS) is 15.9. The second kappa shape index (κ2) is 4.78. The number of carbonyl (C=O) groups excluding carboxylic acids is 2. The molecule has 0 N–H and O–H groups in total. The number of hydrogen-bond donors (Lipinski definition) is 0. The van der Waals surface area contributed by atoms with E-state index in [1.54, 1.807) is 18.2 Å². The average Bonchev–Trinajstić information content (AvgIpc) is 2.45. The Morgan fingerprint density at radius 3 is 2.45 bits per heavy atom. The summed E-state index contributed by atoms with van der Waals surface area (Å²) in [6.45, 7) is 1.87. The van der Waals surface area contributed by atoms with E-state index in [0.29, 0.717) is 11.1 Å². The van der Waals surface area contributed by atoms with Crippen LogP contribution in [-0.2, 0) is 4.74 Å². The second-order valence-corrected chi connectivity index (χ2v) is 4.69. The first-order chi connectivity index (χ1) is 9.65. The molecule has 0 radical (unpaired) electrons. The van der Waals surface area contributed by atoms with E-state index in [1.165, 1.54) is 0 Å². The molecule has 98 valence electrons. The third-order valence-electron chi connectivity index (χ3n) is 3.16. The highest BCUT2D eigenvalue weighted by molar-refractivity contribution is 6.19. The van der Waals surface area contributed by atoms with Gasteiger partial charge in [0.2, 0.25) is 5.78 Å². The Bertz CT molecular complexity index is 727. The predicted molar refractivity (Wildman–Crippen MR) is 75.3 cm³/mol. The van der Waals surface area contributed by atoms with E-state index in [9.17, 15) is 9.59 Å². The Labute approximate surface area is 116 Å². The second-order valence-electron chi connectivity index (χ2n) is 4.69. The van der Waals surface area contributed by atoms with Gasteiger partial charge in [0.15, 0.2) is 5.76 Å². The van der Waals surface area contributed by atoms with Crippen LogP contribution in [0.2, 0.25) is 0 Å². The van der Waals surface area contributed by atoms with Crippen LogP contribution < -0.4 is 0 Å². The summed E-state index contributed by atoms with van der Waals surface area (Å²) in [5.41, 5.74) is 2.47. The molecule has 0 atom stereocenters. The van der Waals surface area contributed by atoms with E-state index < -0.39 is 5.97 Å². The van der Waals surface area contributed by atoms with Gasteiger partial charge in [-0.1, -0.05) is 42.0 Å². The van der Waals surface area contributed by atoms with Crippen LogP contribution in [-0.4, -0.2) is 11.8 Å². The van der Waals surface area contributed by atoms with Crippen molar-refractivity contribution < 1.29 is 14.3 Å². The number of aryl methyl sites for hydroxylation is 1. The lowest BCUT2D eigenvalue weighted by Gasteiger charge is -2.17. The fraction of sp³-hybridized carbons (Fsp3) is 0.0588. The molecule has 1 aliphatic heterocycles. The maximum absolute atomic E-state index is 12.3. The van der Waals surface area contributed by atoms with Crippen LogP contribution in [0.5, 0.6) is 0 Å². The predicted octanol–water partition coefficient (Wildman–Crippen LogP) is 3.39. The molecule has 3 nitrogen and oxygen atoms in total. The fourth-order valence-corrected chi connectivity index (χ4v) is 2.15. The van der Waals surface area contributed by atoms with Crippen molar-refractivity contribution in [2.75, 3.05) is 0 Å². The number of benzene rings is 2. The largest absolute Gasteiger partial charge is 0.419 e. The Morgan fingerprint density at radius 2 is 1.70 bits per heavy atom. The van der Waals surface area contributed by atoms with Crippen molar-refractivity contribution in [1.29, 1.82) is 0 Å². The highest BCUT2D eigenvalue weighted by Gasteiger charge is 2.29. The van der Waals surface area contributed by atoms with Crippen LogP contribution in [0.1, 0.15) is 31.8 Å². The molecule has 3 rings (SSSR count). The van der Waals surface area contributed by atoms with Gasteiger partial charge in [0.1, 0.15) is 0 Å². The minimum atomic E-state index is -0.481. The lowest BCUT2D eigenvalue weighted by atomic mass is 9.97. The smallest absolute Gasteiger partial charge is 0.344 e. The van der Waals surface area contributed by atoms with E-state index in [1.807, 2.05) is 43.3 Å². The van der Waals surface area contributed by atoms with Crippen molar-refractivity contribution in [2.24, 2.45) is 0 Å². The lowest BCUT2D eigenvalue weighted by molar-refractivity contribution is 0.0567. The summed E-state index contributed by atoms with van der Waals surface area (Å²) in [6.07, 6.45) is 1.59. The lowest BCUT2D eigenvalue weighted by Crippen LogP contribution is -2.22. The Hall–Kier alpha value is -2.68. The number of hydrogen-bond acceptors (Lipinski definition) is 3. The number of carbonyl (C=O) groups is 2. The molecule has 0 saturated carbocycles. The molecule has 0 aliphatic carbocycles. The van der Waals surface area contributed by atoms with Crippen molar-refractivity contribution in [3.63, 3.8) is 0 Å². The van der Waals surface area contributed by atoms with Gasteiger partial charge in [-0.3, -0.25) is 4.79 Å². The van der Waals surface area contributed by atoms with E-state index >= 15 is 0 Å². The van der Waals surface area contributed by atoms with Crippen LogP contribution in [0, 0.1) is 6.92 Å². The van der Waals surface area contributed by atoms with Crippen molar-refractivity contribution >= 4 is 17.8 Å². The molecule has 20 heavy (non-hydrogen) atoms. The first-order valence-corrected chi connectivity index (χ1v) is 6.29. The van der Waals surface area contributed by atoms with Crippen molar-refractivity contribution in [3.05, 3.63) is 76.5 Å². The maximum atomic E-state index is 12.3. The zero-order valence-corrected chi connectivity index (χ0v) is 10.9. The van der Waals surface area contributed by atoms with Gasteiger partial charge in [0.25, 0.3) is 0 Å². The van der Waals surface area contributed by atoms with Crippen molar-refractivity contribution in [3.8, 4) is 0 Å². The van der Waals surface area contributed by atoms with E-state index in [2.05, 4.69) is 0 Å². The van der Waals surface area contributed by atoms with E-state index in [0.717, 1.165) is 11.1 Å². The van der Waals surface area contributed by atoms with Crippen LogP contribution in [0.25, 0.3) is 6.08 Å². The van der Waals surface area contributed by atoms with Gasteiger partial charge in [0.05, 0.1) is 5.56 Å². The Morgan fingerprint density at radius 1 is 0.950 bits per heavy atom. The van der Waals surface area contributed by atoms with Crippen LogP contribution in [0.3, 0.4) is 0 Å². The summed E-state index contributed by atoms with van der Waals surface area (Å²) in [5, 5.41) is 0. The van der Waals surface area contributed by atoms with Gasteiger partial charge in [-0.2, -0.15) is 0 Å². The molecule has 0 bridgehead atoms. The van der Waals surface area contributed by atoms with Gasteiger partial charge < -0.3 is 4.74 Å². The number of esters is 1. The van der Waals surface area contributed by atoms with E-state index in [-0.39, 0.29) is 11.5 Å². The average molecular weight is 264 g/mol. The van der Waals surface area contributed by atoms with Crippen LogP contribution >= 0.6 is 0 Å². The number of ketones is 1. The molecule has 2 aromatic carbocycles. The third kappa shape index (κ3) is 2.14. The molecule has 1 aliphatic rings. The van der Waals surface area contributed by atoms with Gasteiger partial charge in [-0.05, 0) is 30.7 Å². The fourth-order valence-electron chi connectivity index (χ4n) is 2.15. The maximum Gasteiger partial charge on any atom is 0.344 e. The zero-order chi connectivity index (χ0) is 14.1. The Kier molecular flexibility index (Phi) is 2.95. The summed E-state index contributed by atoms with van der Waals surface area (Å²) >= 11 is 0. The standard InChI is InChI=1S/C17H12O3/c1-11-7-8-13-14(9-11)17(19)20-15(16(13)18)10-12-5-3-2-4-6-12/h2-10H,1H3/b15-10-. The molecule has 0 spiro atoms. The first-order valence-electron chi connectivity index (χ1n) is 6.29. The molecule has 3 heteroatoms. The molecule has 0 fully saturated rings. The molecule has 0 saturated heterocycles. The molecule has 2 aromatic rings. The number of fused-ring (bicyclic) bond motifs is 1. The summed E-state index contributed by atoms with van der Waals surface area (Å²) in [5.74, 6) is -0.675. The number of ether oxygens (including phenoxy) is 1. The summed E-state index contributed by atoms with van der Waals surface area (Å²) in [4.78, 5) is 24.3. The third-order valence-corrected chi connectivity index (χ3v) is 3.16. The number of Topliss-reactive ketones (excluding diaryl/α,β-unsaturated/α-hetero) is 1. The highest BCUT2D eigenvalue weighted by Crippen LogP contribution is 2.25. The van der Waals surface area contributed by atoms with Gasteiger partial charge in [-0.25, -0.2) is 4.79 Å². The SMILES string of the molecule is Cc1ccc2c(c1)C(=O)O/C(=C\c1ccccc1)C2=O. The number of cyclic esters (lactones) is 1.